The zero-order valence-corrected chi connectivity index (χ0v) is 15.4. The zero-order valence-electron chi connectivity index (χ0n) is 14.6. The molecule has 126 valence electrons. The molecule has 0 N–H and O–H groups in total. The van der Waals surface area contributed by atoms with Gasteiger partial charge in [0.15, 0.2) is 0 Å². The van der Waals surface area contributed by atoms with Crippen molar-refractivity contribution in [2.24, 2.45) is 0 Å². The topological polar surface area (TPSA) is 33.2 Å². The van der Waals surface area contributed by atoms with Crippen molar-refractivity contribution in [3.63, 3.8) is 0 Å². The average molecular weight is 343 g/mol. The van der Waals surface area contributed by atoms with E-state index >= 15 is 0 Å². The van der Waals surface area contributed by atoms with Crippen molar-refractivity contribution in [2.45, 2.75) is 51.5 Å². The lowest BCUT2D eigenvalue weighted by atomic mass is 9.91. The summed E-state index contributed by atoms with van der Waals surface area (Å²) in [5.41, 5.74) is 4.14. The summed E-state index contributed by atoms with van der Waals surface area (Å²) in [4.78, 5) is 19.5. The van der Waals surface area contributed by atoms with Crippen LogP contribution in [0, 0.1) is 6.92 Å². The third-order valence-corrected chi connectivity index (χ3v) is 4.81. The van der Waals surface area contributed by atoms with E-state index in [0.717, 1.165) is 22.5 Å². The molecule has 0 bridgehead atoms. The monoisotopic (exact) mass is 342 g/mol. The van der Waals surface area contributed by atoms with Gasteiger partial charge in [-0.3, -0.25) is 9.69 Å². The van der Waals surface area contributed by atoms with Gasteiger partial charge in [0.25, 0.3) is 0 Å². The molecule has 0 spiro atoms. The van der Waals surface area contributed by atoms with E-state index in [2.05, 4.69) is 30.1 Å². The molecule has 2 heterocycles. The van der Waals surface area contributed by atoms with Gasteiger partial charge in [0.2, 0.25) is 5.91 Å². The smallest absolute Gasteiger partial charge is 0.236 e. The minimum atomic E-state index is -0.295. The SMILES string of the molecule is Cc1ccc(CCl)c(CC2C(=O)N(C(C)(C)C)c3ncccc32)c1. The molecule has 0 radical (unpaired) electrons. The number of rotatable bonds is 3. The van der Waals surface area contributed by atoms with Gasteiger partial charge in [-0.2, -0.15) is 0 Å². The number of halogens is 1. The molecular weight excluding hydrogens is 320 g/mol. The Morgan fingerprint density at radius 2 is 1.96 bits per heavy atom. The Kier molecular flexibility index (Phi) is 4.39. The first-order valence-electron chi connectivity index (χ1n) is 8.26. The van der Waals surface area contributed by atoms with Gasteiger partial charge >= 0.3 is 0 Å². The molecule has 3 rings (SSSR count). The molecule has 4 heteroatoms. The average Bonchev–Trinajstić information content (AvgIpc) is 2.80. The number of amides is 1. The van der Waals surface area contributed by atoms with E-state index in [1.54, 1.807) is 6.20 Å². The van der Waals surface area contributed by atoms with Crippen LogP contribution < -0.4 is 4.90 Å². The molecule has 1 aromatic heterocycles. The lowest BCUT2D eigenvalue weighted by Crippen LogP contribution is -2.45. The number of alkyl halides is 1. The van der Waals surface area contributed by atoms with E-state index < -0.39 is 0 Å². The van der Waals surface area contributed by atoms with Crippen LogP contribution in [0.1, 0.15) is 48.9 Å². The van der Waals surface area contributed by atoms with E-state index in [1.165, 1.54) is 5.56 Å². The molecule has 24 heavy (non-hydrogen) atoms. The fourth-order valence-electron chi connectivity index (χ4n) is 3.40. The van der Waals surface area contributed by atoms with E-state index in [4.69, 9.17) is 11.6 Å². The second-order valence-electron chi connectivity index (χ2n) is 7.42. The van der Waals surface area contributed by atoms with Gasteiger partial charge in [-0.05, 0) is 51.3 Å². The van der Waals surface area contributed by atoms with Crippen LogP contribution in [0.25, 0.3) is 0 Å². The molecule has 1 amide bonds. The Morgan fingerprint density at radius 1 is 1.21 bits per heavy atom. The predicted octanol–water partition coefficient (Wildman–Crippen LogP) is 4.60. The number of aromatic nitrogens is 1. The fraction of sp³-hybridized carbons (Fsp3) is 0.400. The molecule has 0 saturated carbocycles. The van der Waals surface area contributed by atoms with E-state index in [1.807, 2.05) is 37.8 Å². The lowest BCUT2D eigenvalue weighted by molar-refractivity contribution is -0.120. The van der Waals surface area contributed by atoms with Crippen molar-refractivity contribution in [2.75, 3.05) is 4.90 Å². The molecule has 1 aromatic carbocycles. The number of hydrogen-bond donors (Lipinski definition) is 0. The van der Waals surface area contributed by atoms with Crippen LogP contribution in [0.4, 0.5) is 5.82 Å². The number of benzene rings is 1. The molecule has 1 aliphatic heterocycles. The molecule has 0 saturated heterocycles. The summed E-state index contributed by atoms with van der Waals surface area (Å²) in [6, 6.07) is 10.2. The molecule has 0 fully saturated rings. The quantitative estimate of drug-likeness (QED) is 0.764. The molecule has 1 aliphatic rings. The van der Waals surface area contributed by atoms with Crippen molar-refractivity contribution < 1.29 is 4.79 Å². The summed E-state index contributed by atoms with van der Waals surface area (Å²) in [5.74, 6) is 1.18. The van der Waals surface area contributed by atoms with Crippen LogP contribution in [0.2, 0.25) is 0 Å². The number of aryl methyl sites for hydroxylation is 1. The molecule has 1 unspecified atom stereocenters. The first kappa shape index (κ1) is 17.0. The number of carbonyl (C=O) groups excluding carboxylic acids is 1. The van der Waals surface area contributed by atoms with Gasteiger partial charge in [-0.1, -0.05) is 29.8 Å². The van der Waals surface area contributed by atoms with Crippen molar-refractivity contribution >= 4 is 23.3 Å². The van der Waals surface area contributed by atoms with Crippen molar-refractivity contribution in [1.29, 1.82) is 0 Å². The maximum atomic E-state index is 13.2. The molecule has 3 nitrogen and oxygen atoms in total. The number of fused-ring (bicyclic) bond motifs is 1. The highest BCUT2D eigenvalue weighted by molar-refractivity contribution is 6.17. The summed E-state index contributed by atoms with van der Waals surface area (Å²) < 4.78 is 0. The van der Waals surface area contributed by atoms with Gasteiger partial charge < -0.3 is 0 Å². The standard InChI is InChI=1S/C20H23ClN2O/c1-13-7-8-14(12-21)15(10-13)11-17-16-6-5-9-22-18(16)23(19(17)24)20(2,3)4/h5-10,17H,11-12H2,1-4H3. The molecular formula is C20H23ClN2O. The molecule has 1 atom stereocenters. The molecule has 0 aliphatic carbocycles. The summed E-state index contributed by atoms with van der Waals surface area (Å²) >= 11 is 6.10. The number of hydrogen-bond acceptors (Lipinski definition) is 2. The zero-order chi connectivity index (χ0) is 17.5. The first-order chi connectivity index (χ1) is 11.3. The Hall–Kier alpha value is -1.87. The van der Waals surface area contributed by atoms with Gasteiger partial charge in [0.1, 0.15) is 5.82 Å². The number of carbonyl (C=O) groups is 1. The summed E-state index contributed by atoms with van der Waals surface area (Å²) in [6.07, 6.45) is 2.41. The Balaban J connectivity index is 2.04. The van der Waals surface area contributed by atoms with Crippen LogP contribution in [0.3, 0.4) is 0 Å². The van der Waals surface area contributed by atoms with Crippen molar-refractivity contribution in [3.8, 4) is 0 Å². The normalized spacial score (nSPS) is 17.3. The van der Waals surface area contributed by atoms with Gasteiger partial charge in [0.05, 0.1) is 5.92 Å². The van der Waals surface area contributed by atoms with Gasteiger partial charge in [-0.15, -0.1) is 11.6 Å². The second kappa shape index (κ2) is 6.21. The van der Waals surface area contributed by atoms with Crippen molar-refractivity contribution in [3.05, 3.63) is 58.8 Å². The van der Waals surface area contributed by atoms with E-state index in [0.29, 0.717) is 12.3 Å². The summed E-state index contributed by atoms with van der Waals surface area (Å²) in [6.45, 7) is 8.20. The first-order valence-corrected chi connectivity index (χ1v) is 8.79. The number of nitrogens with zero attached hydrogens (tertiary/aromatic N) is 2. The maximum Gasteiger partial charge on any atom is 0.236 e. The van der Waals surface area contributed by atoms with Crippen molar-refractivity contribution in [1.82, 2.24) is 4.98 Å². The number of pyridine rings is 1. The predicted molar refractivity (Wildman–Crippen MR) is 98.7 cm³/mol. The fourth-order valence-corrected chi connectivity index (χ4v) is 3.66. The largest absolute Gasteiger partial charge is 0.291 e. The Labute approximate surface area is 148 Å². The van der Waals surface area contributed by atoms with E-state index in [-0.39, 0.29) is 17.4 Å². The highest BCUT2D eigenvalue weighted by Gasteiger charge is 2.43. The third kappa shape index (κ3) is 2.93. The van der Waals surface area contributed by atoms with Gasteiger partial charge in [-0.25, -0.2) is 4.98 Å². The highest BCUT2D eigenvalue weighted by atomic mass is 35.5. The Bertz CT molecular complexity index is 779. The Morgan fingerprint density at radius 3 is 2.62 bits per heavy atom. The van der Waals surface area contributed by atoms with Crippen LogP contribution in [0.15, 0.2) is 36.5 Å². The van der Waals surface area contributed by atoms with Crippen LogP contribution in [-0.4, -0.2) is 16.4 Å². The van der Waals surface area contributed by atoms with Crippen LogP contribution >= 0.6 is 11.6 Å². The molecule has 2 aromatic rings. The minimum Gasteiger partial charge on any atom is -0.291 e. The minimum absolute atomic E-state index is 0.123. The summed E-state index contributed by atoms with van der Waals surface area (Å²) in [7, 11) is 0. The third-order valence-electron chi connectivity index (χ3n) is 4.52. The van der Waals surface area contributed by atoms with E-state index in [9.17, 15) is 4.79 Å². The number of anilines is 1. The van der Waals surface area contributed by atoms with Crippen LogP contribution in [0.5, 0.6) is 0 Å². The second-order valence-corrected chi connectivity index (χ2v) is 7.69. The summed E-state index contributed by atoms with van der Waals surface area (Å²) in [5, 5.41) is 0. The maximum absolute atomic E-state index is 13.2. The van der Waals surface area contributed by atoms with Crippen LogP contribution in [-0.2, 0) is 17.1 Å². The highest BCUT2D eigenvalue weighted by Crippen LogP contribution is 2.41. The van der Waals surface area contributed by atoms with Gasteiger partial charge in [0, 0.05) is 23.2 Å². The lowest BCUT2D eigenvalue weighted by Gasteiger charge is -2.32.